The monoisotopic (exact) mass is 724 g/mol. The molecule has 3 amide bonds. The summed E-state index contributed by atoms with van der Waals surface area (Å²) in [5.41, 5.74) is 5.59. The quantitative estimate of drug-likeness (QED) is 0.0809. The van der Waals surface area contributed by atoms with Crippen molar-refractivity contribution in [3.63, 3.8) is 0 Å². The summed E-state index contributed by atoms with van der Waals surface area (Å²) >= 11 is 2.71. The van der Waals surface area contributed by atoms with Crippen molar-refractivity contribution in [1.82, 2.24) is 10.3 Å². The minimum atomic E-state index is -0.489. The van der Waals surface area contributed by atoms with E-state index in [1.807, 2.05) is 110 Å². The van der Waals surface area contributed by atoms with Gasteiger partial charge in [0, 0.05) is 27.1 Å². The number of amides is 3. The van der Waals surface area contributed by atoms with Crippen LogP contribution in [0.5, 0.6) is 5.75 Å². The zero-order valence-electron chi connectivity index (χ0n) is 28.5. The Morgan fingerprint density at radius 1 is 0.788 bits per heavy atom. The van der Waals surface area contributed by atoms with Crippen LogP contribution in [-0.2, 0) is 9.59 Å². The molecule has 10 heteroatoms. The van der Waals surface area contributed by atoms with E-state index >= 15 is 0 Å². The summed E-state index contributed by atoms with van der Waals surface area (Å²) < 4.78 is 5.52. The van der Waals surface area contributed by atoms with Crippen molar-refractivity contribution in [2.75, 3.05) is 17.2 Å². The van der Waals surface area contributed by atoms with E-state index in [-0.39, 0.29) is 11.6 Å². The fourth-order valence-electron chi connectivity index (χ4n) is 5.17. The maximum atomic E-state index is 13.7. The highest BCUT2D eigenvalue weighted by Crippen LogP contribution is 2.30. The van der Waals surface area contributed by atoms with Gasteiger partial charge in [-0.15, -0.1) is 23.1 Å². The maximum Gasteiger partial charge on any atom is 0.272 e. The Balaban J connectivity index is 1.12. The number of carbonyl (C=O) groups is 3. The van der Waals surface area contributed by atoms with Crippen molar-refractivity contribution in [2.24, 2.45) is 0 Å². The highest BCUT2D eigenvalue weighted by Gasteiger charge is 2.19. The van der Waals surface area contributed by atoms with Crippen LogP contribution in [0.3, 0.4) is 0 Å². The topological polar surface area (TPSA) is 109 Å². The molecular weight excluding hydrogens is 689 g/mol. The number of nitrogens with one attached hydrogen (secondary N) is 3. The number of rotatable bonds is 13. The third-order valence-electron chi connectivity index (χ3n) is 7.83. The Morgan fingerprint density at radius 3 is 2.17 bits per heavy atom. The van der Waals surface area contributed by atoms with E-state index in [0.29, 0.717) is 23.0 Å². The molecule has 1 unspecified atom stereocenters. The van der Waals surface area contributed by atoms with E-state index in [1.165, 1.54) is 23.1 Å². The number of thioether (sulfide) groups is 1. The first-order chi connectivity index (χ1) is 25.3. The van der Waals surface area contributed by atoms with E-state index in [1.54, 1.807) is 48.5 Å². The summed E-state index contributed by atoms with van der Waals surface area (Å²) in [6, 6.07) is 41.4. The largest absolute Gasteiger partial charge is 0.494 e. The molecular formula is C42H36N4O4S2. The summed E-state index contributed by atoms with van der Waals surface area (Å²) in [6.07, 6.45) is 1.65. The Labute approximate surface area is 311 Å². The summed E-state index contributed by atoms with van der Waals surface area (Å²) in [6.45, 7) is 4.35. The lowest BCUT2D eigenvalue weighted by atomic mass is 10.0. The molecule has 0 saturated carbocycles. The summed E-state index contributed by atoms with van der Waals surface area (Å²) in [5, 5.41) is 10.6. The van der Waals surface area contributed by atoms with Crippen molar-refractivity contribution < 1.29 is 19.1 Å². The number of thiazole rings is 1. The van der Waals surface area contributed by atoms with E-state index in [4.69, 9.17) is 4.74 Å². The van der Waals surface area contributed by atoms with Gasteiger partial charge >= 0.3 is 0 Å². The fourth-order valence-corrected chi connectivity index (χ4v) is 6.82. The van der Waals surface area contributed by atoms with Crippen LogP contribution in [0.2, 0.25) is 0 Å². The van der Waals surface area contributed by atoms with Gasteiger partial charge in [-0.3, -0.25) is 14.4 Å². The molecule has 1 heterocycles. The number of ether oxygens (including phenoxy) is 1. The molecule has 0 bridgehead atoms. The molecule has 0 aliphatic heterocycles. The molecule has 6 aromatic rings. The van der Waals surface area contributed by atoms with Gasteiger partial charge in [0.2, 0.25) is 5.91 Å². The minimum absolute atomic E-state index is 0.0835. The van der Waals surface area contributed by atoms with Crippen LogP contribution in [0.1, 0.15) is 29.8 Å². The third-order valence-corrected chi connectivity index (χ3v) is 9.68. The molecule has 0 fully saturated rings. The zero-order valence-corrected chi connectivity index (χ0v) is 30.2. The third kappa shape index (κ3) is 9.63. The molecule has 1 atom stereocenters. The molecule has 0 spiro atoms. The second kappa shape index (κ2) is 17.3. The van der Waals surface area contributed by atoms with Crippen LogP contribution in [0.4, 0.5) is 10.8 Å². The normalized spacial score (nSPS) is 11.7. The molecule has 260 valence electrons. The second-order valence-corrected chi connectivity index (χ2v) is 13.9. The molecule has 0 aliphatic rings. The molecule has 8 nitrogen and oxygen atoms in total. The van der Waals surface area contributed by atoms with Crippen LogP contribution in [0.15, 0.2) is 149 Å². The maximum absolute atomic E-state index is 13.7. The van der Waals surface area contributed by atoms with E-state index in [9.17, 15) is 14.4 Å². The summed E-state index contributed by atoms with van der Waals surface area (Å²) in [4.78, 5) is 45.3. The van der Waals surface area contributed by atoms with Crippen molar-refractivity contribution in [3.05, 3.63) is 156 Å². The standard InChI is InChI=1S/C42H36N4O4S2/c1-3-50-35-23-21-32(22-24-35)38-27-51-42(45-38)46-39(47)28(2)52-36-16-10-15-34(26-36)43-41(49)37(44-40(48)33-13-8-5-9-14-33)25-29-17-19-31(20-18-29)30-11-6-4-7-12-30/h4-28H,3H2,1-2H3,(H,43,49)(H,44,48)(H,45,46,47)/b37-25+. The highest BCUT2D eigenvalue weighted by atomic mass is 32.2. The average Bonchev–Trinajstić information content (AvgIpc) is 3.64. The predicted molar refractivity (Wildman–Crippen MR) is 212 cm³/mol. The first kappa shape index (κ1) is 35.8. The Kier molecular flexibility index (Phi) is 11.9. The lowest BCUT2D eigenvalue weighted by Crippen LogP contribution is -2.30. The van der Waals surface area contributed by atoms with Crippen LogP contribution in [0.25, 0.3) is 28.5 Å². The number of benzene rings is 5. The van der Waals surface area contributed by atoms with Gasteiger partial charge in [-0.1, -0.05) is 78.9 Å². The fraction of sp³-hybridized carbons (Fsp3) is 0.0952. The zero-order chi connectivity index (χ0) is 36.3. The number of nitrogens with zero attached hydrogens (tertiary/aromatic N) is 1. The molecule has 3 N–H and O–H groups in total. The second-order valence-electron chi connectivity index (χ2n) is 11.6. The first-order valence-electron chi connectivity index (χ1n) is 16.7. The molecule has 1 aromatic heterocycles. The number of carbonyl (C=O) groups excluding carboxylic acids is 3. The van der Waals surface area contributed by atoms with Crippen molar-refractivity contribution >= 4 is 57.7 Å². The van der Waals surface area contributed by atoms with Gasteiger partial charge in [-0.2, -0.15) is 0 Å². The lowest BCUT2D eigenvalue weighted by Gasteiger charge is -2.14. The SMILES string of the molecule is CCOc1ccc(-c2csc(NC(=O)C(C)Sc3cccc(NC(=O)/C(=C\c4ccc(-c5ccccc5)cc4)NC(=O)c4ccccc4)c3)n2)cc1. The smallest absolute Gasteiger partial charge is 0.272 e. The average molecular weight is 725 g/mol. The van der Waals surface area contributed by atoms with Gasteiger partial charge in [0.15, 0.2) is 5.13 Å². The predicted octanol–water partition coefficient (Wildman–Crippen LogP) is 9.40. The van der Waals surface area contributed by atoms with E-state index in [0.717, 1.165) is 38.6 Å². The molecule has 0 aliphatic carbocycles. The number of hydrogen-bond acceptors (Lipinski definition) is 7. The van der Waals surface area contributed by atoms with Gasteiger partial charge in [0.1, 0.15) is 11.4 Å². The molecule has 52 heavy (non-hydrogen) atoms. The number of aromatic nitrogens is 1. The van der Waals surface area contributed by atoms with Crippen LogP contribution < -0.4 is 20.7 Å². The van der Waals surface area contributed by atoms with Crippen molar-refractivity contribution in [1.29, 1.82) is 0 Å². The number of anilines is 2. The van der Waals surface area contributed by atoms with Crippen molar-refractivity contribution in [2.45, 2.75) is 24.0 Å². The van der Waals surface area contributed by atoms with Gasteiger partial charge in [0.25, 0.3) is 11.8 Å². The lowest BCUT2D eigenvalue weighted by molar-refractivity contribution is -0.115. The van der Waals surface area contributed by atoms with Crippen molar-refractivity contribution in [3.8, 4) is 28.1 Å². The van der Waals surface area contributed by atoms with Gasteiger partial charge in [-0.25, -0.2) is 4.98 Å². The van der Waals surface area contributed by atoms with Crippen LogP contribution in [-0.4, -0.2) is 34.6 Å². The van der Waals surface area contributed by atoms with Gasteiger partial charge < -0.3 is 20.7 Å². The number of hydrogen-bond donors (Lipinski definition) is 3. The Bertz CT molecular complexity index is 2170. The highest BCUT2D eigenvalue weighted by molar-refractivity contribution is 8.00. The Morgan fingerprint density at radius 2 is 1.46 bits per heavy atom. The van der Waals surface area contributed by atoms with Crippen LogP contribution >= 0.6 is 23.1 Å². The summed E-state index contributed by atoms with van der Waals surface area (Å²) in [7, 11) is 0. The van der Waals surface area contributed by atoms with Crippen LogP contribution in [0, 0.1) is 0 Å². The molecule has 5 aromatic carbocycles. The Hall–Kier alpha value is -5.97. The minimum Gasteiger partial charge on any atom is -0.494 e. The molecule has 0 saturated heterocycles. The first-order valence-corrected chi connectivity index (χ1v) is 18.4. The van der Waals surface area contributed by atoms with E-state index in [2.05, 4.69) is 20.9 Å². The van der Waals surface area contributed by atoms with E-state index < -0.39 is 17.1 Å². The van der Waals surface area contributed by atoms with Gasteiger partial charge in [-0.05, 0) is 91.2 Å². The summed E-state index contributed by atoms with van der Waals surface area (Å²) in [5.74, 6) is -0.296. The molecule has 6 rings (SSSR count). The molecule has 0 radical (unpaired) electrons. The van der Waals surface area contributed by atoms with Gasteiger partial charge in [0.05, 0.1) is 17.6 Å².